The molecule has 0 saturated carbocycles. The lowest BCUT2D eigenvalue weighted by atomic mass is 10.1. The highest BCUT2D eigenvalue weighted by Gasteiger charge is 2.08. The molecule has 3 rings (SSSR count). The summed E-state index contributed by atoms with van der Waals surface area (Å²) >= 11 is 5.89. The van der Waals surface area contributed by atoms with Crippen molar-refractivity contribution in [2.75, 3.05) is 0 Å². The zero-order valence-electron chi connectivity index (χ0n) is 9.55. The van der Waals surface area contributed by atoms with E-state index >= 15 is 0 Å². The Hall–Kier alpha value is -1.91. The van der Waals surface area contributed by atoms with Crippen LogP contribution in [0.4, 0.5) is 0 Å². The van der Waals surface area contributed by atoms with Gasteiger partial charge in [0.1, 0.15) is 12.0 Å². The maximum atomic E-state index is 5.89. The molecule has 2 N–H and O–H groups in total. The van der Waals surface area contributed by atoms with Crippen molar-refractivity contribution < 1.29 is 0 Å². The van der Waals surface area contributed by atoms with Gasteiger partial charge in [0.2, 0.25) is 0 Å². The van der Waals surface area contributed by atoms with Crippen molar-refractivity contribution in [1.82, 2.24) is 14.4 Å². The highest BCUT2D eigenvalue weighted by Crippen LogP contribution is 2.24. The normalized spacial score (nSPS) is 11.0. The molecule has 0 unspecified atom stereocenters. The predicted molar refractivity (Wildman–Crippen MR) is 71.3 cm³/mol. The minimum Gasteiger partial charge on any atom is -0.325 e. The van der Waals surface area contributed by atoms with Crippen LogP contribution in [0, 0.1) is 0 Å². The van der Waals surface area contributed by atoms with Crippen LogP contribution in [0.1, 0.15) is 5.69 Å². The number of fused-ring (bicyclic) bond motifs is 1. The first-order valence-corrected chi connectivity index (χ1v) is 5.93. The molecule has 0 spiro atoms. The monoisotopic (exact) mass is 258 g/mol. The molecule has 0 bridgehead atoms. The molecule has 90 valence electrons. The summed E-state index contributed by atoms with van der Waals surface area (Å²) in [5.41, 5.74) is 9.31. The Kier molecular flexibility index (Phi) is 2.74. The first-order valence-electron chi connectivity index (χ1n) is 5.55. The molecular weight excluding hydrogens is 248 g/mol. The van der Waals surface area contributed by atoms with Crippen molar-refractivity contribution in [3.05, 3.63) is 53.7 Å². The Balaban J connectivity index is 2.22. The second kappa shape index (κ2) is 4.40. The average molecular weight is 259 g/mol. The molecule has 0 radical (unpaired) electrons. The lowest BCUT2D eigenvalue weighted by Gasteiger charge is -2.02. The van der Waals surface area contributed by atoms with Gasteiger partial charge in [-0.15, -0.1) is 0 Å². The number of benzene rings is 1. The molecule has 2 heterocycles. The average Bonchev–Trinajstić information content (AvgIpc) is 2.82. The fraction of sp³-hybridized carbons (Fsp3) is 0.0769. The van der Waals surface area contributed by atoms with Crippen LogP contribution in [0.3, 0.4) is 0 Å². The molecule has 3 aromatic rings. The molecule has 0 fully saturated rings. The summed E-state index contributed by atoms with van der Waals surface area (Å²) < 4.78 is 1.88. The highest BCUT2D eigenvalue weighted by molar-refractivity contribution is 6.30. The molecule has 5 heteroatoms. The minimum atomic E-state index is 0.418. The zero-order valence-corrected chi connectivity index (χ0v) is 10.3. The van der Waals surface area contributed by atoms with E-state index in [1.807, 2.05) is 34.9 Å². The Morgan fingerprint density at radius 2 is 2.00 bits per heavy atom. The number of hydrogen-bond donors (Lipinski definition) is 1. The van der Waals surface area contributed by atoms with Crippen LogP contribution >= 0.6 is 11.6 Å². The fourth-order valence-corrected chi connectivity index (χ4v) is 2.03. The van der Waals surface area contributed by atoms with Crippen molar-refractivity contribution in [3.8, 4) is 11.1 Å². The van der Waals surface area contributed by atoms with Gasteiger partial charge in [0.05, 0.1) is 5.69 Å². The van der Waals surface area contributed by atoms with Gasteiger partial charge >= 0.3 is 0 Å². The second-order valence-corrected chi connectivity index (χ2v) is 4.42. The molecule has 0 atom stereocenters. The van der Waals surface area contributed by atoms with Gasteiger partial charge < -0.3 is 5.73 Å². The maximum Gasteiger partial charge on any atom is 0.147 e. The van der Waals surface area contributed by atoms with Gasteiger partial charge in [0.15, 0.2) is 0 Å². The summed E-state index contributed by atoms with van der Waals surface area (Å²) in [5, 5.41) is 0.713. The van der Waals surface area contributed by atoms with Crippen molar-refractivity contribution in [3.63, 3.8) is 0 Å². The van der Waals surface area contributed by atoms with Gasteiger partial charge in [0, 0.05) is 29.5 Å². The third kappa shape index (κ3) is 1.85. The van der Waals surface area contributed by atoms with Gasteiger partial charge in [-0.1, -0.05) is 23.7 Å². The number of halogens is 1. The van der Waals surface area contributed by atoms with Crippen molar-refractivity contribution in [2.45, 2.75) is 6.54 Å². The minimum absolute atomic E-state index is 0.418. The van der Waals surface area contributed by atoms with Crippen LogP contribution in [0.15, 0.2) is 43.0 Å². The third-order valence-electron chi connectivity index (χ3n) is 2.78. The Morgan fingerprint density at radius 3 is 2.72 bits per heavy atom. The van der Waals surface area contributed by atoms with E-state index in [-0.39, 0.29) is 0 Å². The number of rotatable bonds is 2. The number of nitrogens with two attached hydrogens (primary N) is 1. The summed E-state index contributed by atoms with van der Waals surface area (Å²) in [5.74, 6) is 0. The molecular formula is C13H11ClN4. The molecule has 18 heavy (non-hydrogen) atoms. The quantitative estimate of drug-likeness (QED) is 0.768. The Labute approximate surface area is 109 Å². The topological polar surface area (TPSA) is 56.2 Å². The molecule has 0 aliphatic carbocycles. The van der Waals surface area contributed by atoms with E-state index in [0.717, 1.165) is 22.5 Å². The summed E-state index contributed by atoms with van der Waals surface area (Å²) in [4.78, 5) is 8.70. The van der Waals surface area contributed by atoms with E-state index in [4.69, 9.17) is 17.3 Å². The van der Waals surface area contributed by atoms with Crippen LogP contribution in [0.25, 0.3) is 16.8 Å². The number of hydrogen-bond acceptors (Lipinski definition) is 3. The largest absolute Gasteiger partial charge is 0.325 e. The number of aromatic nitrogens is 3. The molecule has 0 amide bonds. The van der Waals surface area contributed by atoms with E-state index in [9.17, 15) is 0 Å². The lowest BCUT2D eigenvalue weighted by Crippen LogP contribution is -1.95. The Bertz CT molecular complexity index is 688. The predicted octanol–water partition coefficient (Wildman–Crippen LogP) is 2.51. The Morgan fingerprint density at radius 1 is 1.22 bits per heavy atom. The fourth-order valence-electron chi connectivity index (χ4n) is 1.90. The molecule has 0 saturated heterocycles. The third-order valence-corrected chi connectivity index (χ3v) is 3.03. The lowest BCUT2D eigenvalue weighted by molar-refractivity contribution is 1.01. The highest BCUT2D eigenvalue weighted by atomic mass is 35.5. The second-order valence-electron chi connectivity index (χ2n) is 3.98. The van der Waals surface area contributed by atoms with E-state index in [1.54, 1.807) is 12.5 Å². The van der Waals surface area contributed by atoms with Crippen LogP contribution in [-0.4, -0.2) is 14.4 Å². The van der Waals surface area contributed by atoms with E-state index in [0.29, 0.717) is 11.6 Å². The van der Waals surface area contributed by atoms with Gasteiger partial charge in [-0.25, -0.2) is 9.97 Å². The molecule has 0 aliphatic heterocycles. The van der Waals surface area contributed by atoms with Crippen molar-refractivity contribution in [1.29, 1.82) is 0 Å². The summed E-state index contributed by atoms with van der Waals surface area (Å²) in [6.07, 6.45) is 5.41. The van der Waals surface area contributed by atoms with Gasteiger partial charge in [-0.3, -0.25) is 4.40 Å². The standard InChI is InChI=1S/C13H11ClN4/c14-10-3-1-9(2-4-10)12-6-16-8-18-7-11(5-15)17-13(12)18/h1-4,6-8H,5,15H2. The summed E-state index contributed by atoms with van der Waals surface area (Å²) in [6.45, 7) is 0.418. The maximum absolute atomic E-state index is 5.89. The van der Waals surface area contributed by atoms with Crippen LogP contribution in [0.2, 0.25) is 5.02 Å². The first kappa shape index (κ1) is 11.2. The van der Waals surface area contributed by atoms with Gasteiger partial charge in [-0.2, -0.15) is 0 Å². The van der Waals surface area contributed by atoms with Crippen molar-refractivity contribution in [2.24, 2.45) is 5.73 Å². The van der Waals surface area contributed by atoms with Crippen LogP contribution in [-0.2, 0) is 6.54 Å². The molecule has 0 aliphatic rings. The molecule has 1 aromatic carbocycles. The van der Waals surface area contributed by atoms with E-state index in [1.165, 1.54) is 0 Å². The first-order chi connectivity index (χ1) is 8.78. The smallest absolute Gasteiger partial charge is 0.147 e. The van der Waals surface area contributed by atoms with E-state index < -0.39 is 0 Å². The molecule has 4 nitrogen and oxygen atoms in total. The van der Waals surface area contributed by atoms with Gasteiger partial charge in [0.25, 0.3) is 0 Å². The SMILES string of the molecule is NCc1cn2cncc(-c3ccc(Cl)cc3)c2n1. The van der Waals surface area contributed by atoms with Crippen LogP contribution in [0.5, 0.6) is 0 Å². The van der Waals surface area contributed by atoms with E-state index in [2.05, 4.69) is 9.97 Å². The number of nitrogens with zero attached hydrogens (tertiary/aromatic N) is 3. The van der Waals surface area contributed by atoms with Crippen molar-refractivity contribution >= 4 is 17.2 Å². The molecule has 2 aromatic heterocycles. The summed E-state index contributed by atoms with van der Waals surface area (Å²) in [6, 6.07) is 7.62. The summed E-state index contributed by atoms with van der Waals surface area (Å²) in [7, 11) is 0. The number of imidazole rings is 1. The zero-order chi connectivity index (χ0) is 12.5. The van der Waals surface area contributed by atoms with Gasteiger partial charge in [-0.05, 0) is 17.7 Å². The van der Waals surface area contributed by atoms with Crippen LogP contribution < -0.4 is 5.73 Å².